The summed E-state index contributed by atoms with van der Waals surface area (Å²) in [5, 5.41) is 3.36. The van der Waals surface area contributed by atoms with Crippen LogP contribution in [0.3, 0.4) is 0 Å². The minimum Gasteiger partial charge on any atom is -0.317 e. The summed E-state index contributed by atoms with van der Waals surface area (Å²) >= 11 is 0. The van der Waals surface area contributed by atoms with Crippen molar-refractivity contribution in [1.82, 2.24) is 10.2 Å². The predicted octanol–water partition coefficient (Wildman–Crippen LogP) is 1.72. The lowest BCUT2D eigenvalue weighted by Gasteiger charge is -2.32. The van der Waals surface area contributed by atoms with Gasteiger partial charge in [0.25, 0.3) is 0 Å². The van der Waals surface area contributed by atoms with Crippen LogP contribution in [0.5, 0.6) is 0 Å². The molecule has 1 N–H and O–H groups in total. The van der Waals surface area contributed by atoms with Crippen LogP contribution in [0.25, 0.3) is 0 Å². The van der Waals surface area contributed by atoms with Gasteiger partial charge in [0.2, 0.25) is 0 Å². The van der Waals surface area contributed by atoms with Gasteiger partial charge in [0, 0.05) is 6.04 Å². The summed E-state index contributed by atoms with van der Waals surface area (Å²) < 4.78 is 0. The number of rotatable bonds is 4. The molecule has 0 aromatic heterocycles. The molecule has 1 rings (SSSR count). The number of nitrogens with zero attached hydrogens (tertiary/aromatic N) is 1. The van der Waals surface area contributed by atoms with E-state index in [9.17, 15) is 0 Å². The Labute approximate surface area is 82.7 Å². The number of likely N-dealkylation sites (tertiary alicyclic amines) is 1. The fourth-order valence-electron chi connectivity index (χ4n) is 1.89. The average molecular weight is 184 g/mol. The van der Waals surface area contributed by atoms with Gasteiger partial charge < -0.3 is 10.2 Å². The van der Waals surface area contributed by atoms with E-state index in [0.717, 1.165) is 12.0 Å². The van der Waals surface area contributed by atoms with Gasteiger partial charge in [0.05, 0.1) is 0 Å². The van der Waals surface area contributed by atoms with E-state index in [2.05, 4.69) is 31.1 Å². The van der Waals surface area contributed by atoms with Crippen molar-refractivity contribution in [2.24, 2.45) is 5.92 Å². The van der Waals surface area contributed by atoms with Crippen molar-refractivity contribution in [2.75, 3.05) is 26.7 Å². The molecule has 1 saturated heterocycles. The fourth-order valence-corrected chi connectivity index (χ4v) is 1.89. The second-order valence-electron chi connectivity index (χ2n) is 4.59. The van der Waals surface area contributed by atoms with E-state index in [0.29, 0.717) is 0 Å². The maximum absolute atomic E-state index is 3.36. The predicted molar refractivity (Wildman–Crippen MR) is 58.0 cm³/mol. The minimum absolute atomic E-state index is 0.773. The van der Waals surface area contributed by atoms with Crippen LogP contribution in [0.1, 0.15) is 33.1 Å². The van der Waals surface area contributed by atoms with Crippen molar-refractivity contribution in [2.45, 2.75) is 39.2 Å². The van der Waals surface area contributed by atoms with Gasteiger partial charge in [-0.1, -0.05) is 13.8 Å². The van der Waals surface area contributed by atoms with Crippen LogP contribution in [0.15, 0.2) is 0 Å². The van der Waals surface area contributed by atoms with Gasteiger partial charge >= 0.3 is 0 Å². The molecule has 1 aliphatic heterocycles. The van der Waals surface area contributed by atoms with Crippen molar-refractivity contribution >= 4 is 0 Å². The molecule has 0 aromatic carbocycles. The van der Waals surface area contributed by atoms with Gasteiger partial charge in [0.15, 0.2) is 0 Å². The normalized spacial score (nSPS) is 21.2. The summed E-state index contributed by atoms with van der Waals surface area (Å²) in [6.07, 6.45) is 4.01. The molecule has 1 aliphatic rings. The third kappa shape index (κ3) is 4.10. The molecule has 1 fully saturated rings. The average Bonchev–Trinajstić information content (AvgIpc) is 2.15. The highest BCUT2D eigenvalue weighted by atomic mass is 15.1. The first-order chi connectivity index (χ1) is 6.22. The molecule has 13 heavy (non-hydrogen) atoms. The van der Waals surface area contributed by atoms with E-state index >= 15 is 0 Å². The van der Waals surface area contributed by atoms with Crippen molar-refractivity contribution < 1.29 is 0 Å². The second kappa shape index (κ2) is 5.61. The number of hydrogen-bond donors (Lipinski definition) is 1. The maximum Gasteiger partial charge on any atom is 0.00884 e. The van der Waals surface area contributed by atoms with E-state index in [-0.39, 0.29) is 0 Å². The maximum atomic E-state index is 3.36. The Bertz CT molecular complexity index is 126. The molecule has 1 heterocycles. The van der Waals surface area contributed by atoms with Crippen molar-refractivity contribution in [3.05, 3.63) is 0 Å². The van der Waals surface area contributed by atoms with Gasteiger partial charge in [-0.25, -0.2) is 0 Å². The molecule has 0 bridgehead atoms. The van der Waals surface area contributed by atoms with Gasteiger partial charge in [-0.2, -0.15) is 0 Å². The molecule has 0 saturated carbocycles. The number of nitrogens with one attached hydrogen (secondary N) is 1. The molecule has 0 atom stereocenters. The first-order valence-electron chi connectivity index (χ1n) is 5.62. The first kappa shape index (κ1) is 11.0. The lowest BCUT2D eigenvalue weighted by Crippen LogP contribution is -2.41. The van der Waals surface area contributed by atoms with Gasteiger partial charge in [-0.3, -0.25) is 0 Å². The van der Waals surface area contributed by atoms with E-state index in [4.69, 9.17) is 0 Å². The van der Waals surface area contributed by atoms with Crippen molar-refractivity contribution in [3.8, 4) is 0 Å². The van der Waals surface area contributed by atoms with Gasteiger partial charge in [0.1, 0.15) is 0 Å². The molecule has 0 aliphatic carbocycles. The Hall–Kier alpha value is -0.0800. The monoisotopic (exact) mass is 184 g/mol. The summed E-state index contributed by atoms with van der Waals surface area (Å²) in [7, 11) is 2.08. The third-order valence-corrected chi connectivity index (χ3v) is 3.02. The van der Waals surface area contributed by atoms with Crippen LogP contribution >= 0.6 is 0 Å². The Morgan fingerprint density at radius 2 is 1.92 bits per heavy atom. The van der Waals surface area contributed by atoms with Gasteiger partial charge in [-0.05, 0) is 51.9 Å². The van der Waals surface area contributed by atoms with Crippen molar-refractivity contribution in [1.29, 1.82) is 0 Å². The highest BCUT2D eigenvalue weighted by molar-refractivity contribution is 4.75. The summed E-state index contributed by atoms with van der Waals surface area (Å²) in [5.74, 6) is 0.849. The molecule has 0 spiro atoms. The SMILES string of the molecule is CNC1CCN(CCC(C)C)CC1. The lowest BCUT2D eigenvalue weighted by molar-refractivity contribution is 0.193. The van der Waals surface area contributed by atoms with Crippen LogP contribution in [0.4, 0.5) is 0 Å². The first-order valence-corrected chi connectivity index (χ1v) is 5.62. The van der Waals surface area contributed by atoms with Crippen LogP contribution in [-0.4, -0.2) is 37.6 Å². The van der Waals surface area contributed by atoms with E-state index in [1.54, 1.807) is 0 Å². The minimum atomic E-state index is 0.773. The molecule has 0 aromatic rings. The zero-order valence-corrected chi connectivity index (χ0v) is 9.34. The summed E-state index contributed by atoms with van der Waals surface area (Å²) in [5.41, 5.74) is 0. The van der Waals surface area contributed by atoms with Gasteiger partial charge in [-0.15, -0.1) is 0 Å². The van der Waals surface area contributed by atoms with E-state index < -0.39 is 0 Å². The van der Waals surface area contributed by atoms with Crippen LogP contribution in [0.2, 0.25) is 0 Å². The van der Waals surface area contributed by atoms with E-state index in [1.807, 2.05) is 0 Å². The second-order valence-corrected chi connectivity index (χ2v) is 4.59. The quantitative estimate of drug-likeness (QED) is 0.715. The number of hydrogen-bond acceptors (Lipinski definition) is 2. The zero-order chi connectivity index (χ0) is 9.68. The van der Waals surface area contributed by atoms with Crippen LogP contribution in [0, 0.1) is 5.92 Å². The smallest absolute Gasteiger partial charge is 0.00884 e. The molecule has 0 amide bonds. The zero-order valence-electron chi connectivity index (χ0n) is 9.34. The topological polar surface area (TPSA) is 15.3 Å². The molecule has 78 valence electrons. The van der Waals surface area contributed by atoms with Crippen LogP contribution < -0.4 is 5.32 Å². The number of piperidine rings is 1. The Morgan fingerprint density at radius 3 is 2.38 bits per heavy atom. The highest BCUT2D eigenvalue weighted by Crippen LogP contribution is 2.11. The molecule has 0 radical (unpaired) electrons. The Morgan fingerprint density at radius 1 is 1.31 bits per heavy atom. The summed E-state index contributed by atoms with van der Waals surface area (Å²) in [6.45, 7) is 8.49. The molecule has 0 unspecified atom stereocenters. The summed E-state index contributed by atoms with van der Waals surface area (Å²) in [6, 6.07) is 0.773. The third-order valence-electron chi connectivity index (χ3n) is 3.02. The van der Waals surface area contributed by atoms with Crippen LogP contribution in [-0.2, 0) is 0 Å². The summed E-state index contributed by atoms with van der Waals surface area (Å²) in [4.78, 5) is 2.60. The fraction of sp³-hybridized carbons (Fsp3) is 1.00. The molecule has 2 heteroatoms. The lowest BCUT2D eigenvalue weighted by atomic mass is 10.0. The van der Waals surface area contributed by atoms with Crippen molar-refractivity contribution in [3.63, 3.8) is 0 Å². The molecular weight excluding hydrogens is 160 g/mol. The largest absolute Gasteiger partial charge is 0.317 e. The standard InChI is InChI=1S/C11H24N2/c1-10(2)4-7-13-8-5-11(12-3)6-9-13/h10-12H,4-9H2,1-3H3. The highest BCUT2D eigenvalue weighted by Gasteiger charge is 2.16. The Balaban J connectivity index is 2.10. The van der Waals surface area contributed by atoms with E-state index in [1.165, 1.54) is 38.9 Å². The molecule has 2 nitrogen and oxygen atoms in total. The Kier molecular flexibility index (Phi) is 4.74. The molecular formula is C11H24N2.